The third kappa shape index (κ3) is 2.14. The Morgan fingerprint density at radius 1 is 1.56 bits per heavy atom. The molecule has 0 bridgehead atoms. The Morgan fingerprint density at radius 2 is 2.38 bits per heavy atom. The number of hydrogen-bond acceptors (Lipinski definition) is 5. The maximum atomic E-state index is 11.6. The van der Waals surface area contributed by atoms with Crippen LogP contribution in [0.2, 0.25) is 0 Å². The second kappa shape index (κ2) is 3.97. The summed E-state index contributed by atoms with van der Waals surface area (Å²) in [5.74, 6) is 0.421. The molecule has 0 fully saturated rings. The molecule has 0 saturated carbocycles. The minimum absolute atomic E-state index is 0.0975. The first-order valence-corrected chi connectivity index (χ1v) is 4.44. The highest BCUT2D eigenvalue weighted by atomic mass is 16.5. The summed E-state index contributed by atoms with van der Waals surface area (Å²) in [6.45, 7) is 1.71. The smallest absolute Gasteiger partial charge is 0.277 e. The van der Waals surface area contributed by atoms with Gasteiger partial charge in [-0.1, -0.05) is 5.16 Å². The van der Waals surface area contributed by atoms with E-state index in [1.165, 1.54) is 6.20 Å². The molecular formula is C9H8N4O3. The fourth-order valence-electron chi connectivity index (χ4n) is 1.07. The average molecular weight is 220 g/mol. The van der Waals surface area contributed by atoms with Crippen LogP contribution < -0.4 is 10.9 Å². The van der Waals surface area contributed by atoms with Crippen LogP contribution in [0, 0.1) is 6.92 Å². The summed E-state index contributed by atoms with van der Waals surface area (Å²) in [6, 6.07) is 1.57. The molecule has 2 aromatic rings. The van der Waals surface area contributed by atoms with E-state index in [1.807, 2.05) is 0 Å². The number of H-pyrrole nitrogens is 1. The fraction of sp³-hybridized carbons (Fsp3) is 0.111. The van der Waals surface area contributed by atoms with Crippen LogP contribution in [0.4, 0.5) is 5.82 Å². The molecule has 0 aliphatic carbocycles. The summed E-state index contributed by atoms with van der Waals surface area (Å²) in [5.41, 5.74) is -0.269. The van der Waals surface area contributed by atoms with Crippen molar-refractivity contribution in [3.05, 3.63) is 40.3 Å². The molecule has 0 spiro atoms. The van der Waals surface area contributed by atoms with Crippen LogP contribution >= 0.6 is 0 Å². The molecule has 0 radical (unpaired) electrons. The van der Waals surface area contributed by atoms with E-state index in [-0.39, 0.29) is 11.3 Å². The van der Waals surface area contributed by atoms with Crippen molar-refractivity contribution >= 4 is 11.7 Å². The lowest BCUT2D eigenvalue weighted by atomic mass is 10.4. The second-order valence-electron chi connectivity index (χ2n) is 3.07. The lowest BCUT2D eigenvalue weighted by molar-refractivity contribution is 0.102. The van der Waals surface area contributed by atoms with Crippen molar-refractivity contribution in [2.24, 2.45) is 0 Å². The van der Waals surface area contributed by atoms with E-state index in [9.17, 15) is 9.59 Å². The number of aryl methyl sites for hydroxylation is 1. The molecule has 0 atom stereocenters. The predicted molar refractivity (Wildman–Crippen MR) is 54.1 cm³/mol. The number of aromatic amines is 1. The number of amides is 1. The van der Waals surface area contributed by atoms with Crippen molar-refractivity contribution < 1.29 is 9.32 Å². The van der Waals surface area contributed by atoms with Gasteiger partial charge in [0.25, 0.3) is 11.5 Å². The van der Waals surface area contributed by atoms with Crippen LogP contribution in [0.5, 0.6) is 0 Å². The molecular weight excluding hydrogens is 212 g/mol. The van der Waals surface area contributed by atoms with E-state index < -0.39 is 5.91 Å². The number of aromatic nitrogens is 3. The molecule has 0 unspecified atom stereocenters. The number of carbonyl (C=O) groups is 1. The molecule has 2 rings (SSSR count). The van der Waals surface area contributed by atoms with E-state index in [2.05, 4.69) is 20.4 Å². The highest BCUT2D eigenvalue weighted by molar-refractivity contribution is 6.01. The number of nitrogens with zero attached hydrogens (tertiary/aromatic N) is 2. The molecule has 1 amide bonds. The lowest BCUT2D eigenvalue weighted by Gasteiger charge is -1.98. The predicted octanol–water partition coefficient (Wildman–Crippen LogP) is 0.319. The summed E-state index contributed by atoms with van der Waals surface area (Å²) >= 11 is 0. The summed E-state index contributed by atoms with van der Waals surface area (Å²) in [4.78, 5) is 28.3. The Labute approximate surface area is 89.5 Å². The quantitative estimate of drug-likeness (QED) is 0.758. The van der Waals surface area contributed by atoms with Crippen LogP contribution in [0.15, 0.2) is 27.8 Å². The van der Waals surface area contributed by atoms with Crippen LogP contribution in [0.3, 0.4) is 0 Å². The number of carbonyl (C=O) groups excluding carboxylic acids is 1. The van der Waals surface area contributed by atoms with Crippen LogP contribution in [0.25, 0.3) is 0 Å². The third-order valence-corrected chi connectivity index (χ3v) is 1.77. The number of anilines is 1. The van der Waals surface area contributed by atoms with Gasteiger partial charge in [-0.25, -0.2) is 4.98 Å². The second-order valence-corrected chi connectivity index (χ2v) is 3.07. The summed E-state index contributed by atoms with van der Waals surface area (Å²) < 4.78 is 4.78. The van der Waals surface area contributed by atoms with E-state index in [0.717, 1.165) is 6.20 Å². The molecule has 2 aromatic heterocycles. The first-order chi connectivity index (χ1) is 7.65. The molecule has 0 aliphatic heterocycles. The van der Waals surface area contributed by atoms with Gasteiger partial charge in [0.05, 0.1) is 6.20 Å². The monoisotopic (exact) mass is 220 g/mol. The van der Waals surface area contributed by atoms with Crippen molar-refractivity contribution in [1.29, 1.82) is 0 Å². The van der Waals surface area contributed by atoms with Crippen molar-refractivity contribution in [2.45, 2.75) is 6.92 Å². The molecule has 0 saturated heterocycles. The highest BCUT2D eigenvalue weighted by Gasteiger charge is 2.09. The maximum Gasteiger partial charge on any atom is 0.277 e. The van der Waals surface area contributed by atoms with Gasteiger partial charge in [-0.3, -0.25) is 9.59 Å². The van der Waals surface area contributed by atoms with Gasteiger partial charge in [-0.05, 0) is 6.92 Å². The van der Waals surface area contributed by atoms with Gasteiger partial charge in [-0.15, -0.1) is 0 Å². The lowest BCUT2D eigenvalue weighted by Crippen LogP contribution is -2.17. The largest absolute Gasteiger partial charge is 0.360 e. The van der Waals surface area contributed by atoms with E-state index in [1.54, 1.807) is 13.0 Å². The SMILES string of the molecule is Cc1cc(NC(=O)c2c[nH]c(=O)cn2)no1. The molecule has 16 heavy (non-hydrogen) atoms. The Morgan fingerprint density at radius 3 is 2.94 bits per heavy atom. The standard InChI is InChI=1S/C9H8N4O3/c1-5-2-7(13-16-5)12-9(15)6-3-11-8(14)4-10-6/h2-4H,1H3,(H,11,14)(H,12,13,15). The molecule has 7 heteroatoms. The minimum atomic E-state index is -0.468. The first-order valence-electron chi connectivity index (χ1n) is 4.44. The van der Waals surface area contributed by atoms with E-state index in [4.69, 9.17) is 4.52 Å². The van der Waals surface area contributed by atoms with E-state index >= 15 is 0 Å². The average Bonchev–Trinajstić information content (AvgIpc) is 2.65. The summed E-state index contributed by atoms with van der Waals surface area (Å²) in [5, 5.41) is 6.06. The summed E-state index contributed by atoms with van der Waals surface area (Å²) in [7, 11) is 0. The van der Waals surface area contributed by atoms with Gasteiger partial charge in [0, 0.05) is 12.3 Å². The normalized spacial score (nSPS) is 10.1. The molecule has 7 nitrogen and oxygen atoms in total. The van der Waals surface area contributed by atoms with Gasteiger partial charge in [0.15, 0.2) is 5.82 Å². The maximum absolute atomic E-state index is 11.6. The van der Waals surface area contributed by atoms with Crippen LogP contribution in [-0.2, 0) is 0 Å². The number of hydrogen-bond donors (Lipinski definition) is 2. The van der Waals surface area contributed by atoms with E-state index in [0.29, 0.717) is 11.6 Å². The Hall–Kier alpha value is -2.44. The van der Waals surface area contributed by atoms with Gasteiger partial charge < -0.3 is 14.8 Å². The highest BCUT2D eigenvalue weighted by Crippen LogP contribution is 2.07. The zero-order valence-electron chi connectivity index (χ0n) is 8.35. The molecule has 2 N–H and O–H groups in total. The zero-order valence-corrected chi connectivity index (χ0v) is 8.35. The number of rotatable bonds is 2. The van der Waals surface area contributed by atoms with Crippen molar-refractivity contribution in [1.82, 2.24) is 15.1 Å². The molecule has 2 heterocycles. The molecule has 0 aromatic carbocycles. The van der Waals surface area contributed by atoms with Crippen molar-refractivity contribution in [2.75, 3.05) is 5.32 Å². The van der Waals surface area contributed by atoms with Gasteiger partial charge in [0.1, 0.15) is 11.5 Å². The van der Waals surface area contributed by atoms with Crippen LogP contribution in [0.1, 0.15) is 16.2 Å². The Kier molecular flexibility index (Phi) is 2.50. The molecule has 0 aliphatic rings. The number of nitrogens with one attached hydrogen (secondary N) is 2. The van der Waals surface area contributed by atoms with Gasteiger partial charge >= 0.3 is 0 Å². The minimum Gasteiger partial charge on any atom is -0.360 e. The molecule has 82 valence electrons. The van der Waals surface area contributed by atoms with Crippen LogP contribution in [-0.4, -0.2) is 21.0 Å². The first kappa shape index (κ1) is 10.1. The Bertz CT molecular complexity index is 552. The fourth-order valence-corrected chi connectivity index (χ4v) is 1.07. The topological polar surface area (TPSA) is 101 Å². The zero-order chi connectivity index (χ0) is 11.5. The van der Waals surface area contributed by atoms with Crippen molar-refractivity contribution in [3.63, 3.8) is 0 Å². The summed E-state index contributed by atoms with van der Waals surface area (Å²) in [6.07, 6.45) is 2.26. The third-order valence-electron chi connectivity index (χ3n) is 1.77. The van der Waals surface area contributed by atoms with Gasteiger partial charge in [0.2, 0.25) is 0 Å². The van der Waals surface area contributed by atoms with Gasteiger partial charge in [-0.2, -0.15) is 0 Å². The Balaban J connectivity index is 2.14. The van der Waals surface area contributed by atoms with Crippen molar-refractivity contribution in [3.8, 4) is 0 Å².